The fourth-order valence-corrected chi connectivity index (χ4v) is 3.15. The van der Waals surface area contributed by atoms with Crippen LogP contribution in [0.25, 0.3) is 11.3 Å². The van der Waals surface area contributed by atoms with Gasteiger partial charge < -0.3 is 0 Å². The van der Waals surface area contributed by atoms with Crippen molar-refractivity contribution in [3.63, 3.8) is 0 Å². The van der Waals surface area contributed by atoms with Crippen molar-refractivity contribution >= 4 is 39.8 Å². The average Bonchev–Trinajstić information content (AvgIpc) is 3.17. The summed E-state index contributed by atoms with van der Waals surface area (Å²) in [6, 6.07) is 6.22. The highest BCUT2D eigenvalue weighted by molar-refractivity contribution is 7.16. The molecule has 0 saturated heterocycles. The molecule has 0 spiro atoms. The van der Waals surface area contributed by atoms with E-state index in [-0.39, 0.29) is 11.4 Å². The van der Waals surface area contributed by atoms with Crippen molar-refractivity contribution in [3.8, 4) is 11.3 Å². The third-order valence-electron chi connectivity index (χ3n) is 2.94. The normalized spacial score (nSPS) is 10.5. The number of nitrogens with zero attached hydrogens (tertiary/aromatic N) is 4. The van der Waals surface area contributed by atoms with Gasteiger partial charge in [-0.15, -0.1) is 11.3 Å². The zero-order valence-corrected chi connectivity index (χ0v) is 13.3. The minimum atomic E-state index is -0.455. The number of hydrogen-bond donors (Lipinski definition) is 1. The summed E-state index contributed by atoms with van der Waals surface area (Å²) < 4.78 is 7.62. The summed E-state index contributed by atoms with van der Waals surface area (Å²) in [4.78, 5) is 27.6. The van der Waals surface area contributed by atoms with Crippen LogP contribution in [-0.2, 0) is 0 Å². The monoisotopic (exact) mass is 347 g/mol. The number of non-ortho nitro benzene ring substituents is 1. The highest BCUT2D eigenvalue weighted by Crippen LogP contribution is 2.32. The van der Waals surface area contributed by atoms with Gasteiger partial charge in [0.15, 0.2) is 10.8 Å². The van der Waals surface area contributed by atoms with Crippen molar-refractivity contribution in [3.05, 3.63) is 51.1 Å². The fraction of sp³-hybridized carbons (Fsp3) is 0.0769. The molecule has 3 aromatic rings. The molecule has 1 aromatic carbocycles. The number of aromatic nitrogens is 3. The van der Waals surface area contributed by atoms with E-state index in [9.17, 15) is 14.9 Å². The molecule has 0 fully saturated rings. The Kier molecular flexibility index (Phi) is 4.08. The zero-order valence-electron chi connectivity index (χ0n) is 11.7. The van der Waals surface area contributed by atoms with Crippen LogP contribution < -0.4 is 5.32 Å². The number of benzene rings is 1. The van der Waals surface area contributed by atoms with Crippen LogP contribution in [0.3, 0.4) is 0 Å². The minimum absolute atomic E-state index is 0.00552. The molecule has 0 bridgehead atoms. The highest BCUT2D eigenvalue weighted by Gasteiger charge is 2.16. The molecule has 0 aliphatic rings. The van der Waals surface area contributed by atoms with Crippen LogP contribution in [0.4, 0.5) is 10.8 Å². The second-order valence-electron chi connectivity index (χ2n) is 4.48. The molecule has 1 N–H and O–H groups in total. The first-order valence-electron chi connectivity index (χ1n) is 6.36. The van der Waals surface area contributed by atoms with E-state index in [1.165, 1.54) is 29.7 Å². The van der Waals surface area contributed by atoms with Gasteiger partial charge in [-0.2, -0.15) is 8.75 Å². The molecule has 0 atom stereocenters. The van der Waals surface area contributed by atoms with Gasteiger partial charge in [0.2, 0.25) is 0 Å². The maximum absolute atomic E-state index is 11.9. The van der Waals surface area contributed by atoms with E-state index in [4.69, 9.17) is 0 Å². The standard InChI is InChI=1S/C13H9N5O3S2/c1-7-11(8-3-2-4-9(5-8)18(20)21)15-13(22-7)16-12(19)10-6-14-23-17-10/h2-6H,1H3,(H,15,16,19). The van der Waals surface area contributed by atoms with E-state index >= 15 is 0 Å². The van der Waals surface area contributed by atoms with Crippen molar-refractivity contribution in [2.75, 3.05) is 5.32 Å². The van der Waals surface area contributed by atoms with Gasteiger partial charge in [0, 0.05) is 22.6 Å². The first-order valence-corrected chi connectivity index (χ1v) is 7.90. The number of anilines is 1. The van der Waals surface area contributed by atoms with E-state index < -0.39 is 10.8 Å². The lowest BCUT2D eigenvalue weighted by Gasteiger charge is -1.99. The van der Waals surface area contributed by atoms with Gasteiger partial charge in [0.05, 0.1) is 28.5 Å². The van der Waals surface area contributed by atoms with E-state index in [2.05, 4.69) is 19.0 Å². The van der Waals surface area contributed by atoms with E-state index in [1.807, 2.05) is 6.92 Å². The third kappa shape index (κ3) is 3.22. The molecule has 2 aromatic heterocycles. The number of nitro groups is 1. The Labute approximate surface area is 138 Å². The van der Waals surface area contributed by atoms with E-state index in [0.29, 0.717) is 16.4 Å². The molecule has 0 aliphatic heterocycles. The number of carbonyl (C=O) groups is 1. The molecular weight excluding hydrogens is 338 g/mol. The van der Waals surface area contributed by atoms with E-state index in [0.717, 1.165) is 16.6 Å². The number of thiazole rings is 1. The van der Waals surface area contributed by atoms with Gasteiger partial charge in [-0.25, -0.2) is 4.98 Å². The van der Waals surface area contributed by atoms with Gasteiger partial charge in [0.1, 0.15) is 0 Å². The van der Waals surface area contributed by atoms with Crippen molar-refractivity contribution in [2.24, 2.45) is 0 Å². The summed E-state index contributed by atoms with van der Waals surface area (Å²) in [6.07, 6.45) is 1.38. The largest absolute Gasteiger partial charge is 0.296 e. The molecule has 2 heterocycles. The Morgan fingerprint density at radius 1 is 1.39 bits per heavy atom. The fourth-order valence-electron chi connectivity index (χ4n) is 1.91. The molecule has 23 heavy (non-hydrogen) atoms. The molecule has 0 aliphatic carbocycles. The highest BCUT2D eigenvalue weighted by atomic mass is 32.1. The van der Waals surface area contributed by atoms with Crippen LogP contribution in [0.5, 0.6) is 0 Å². The zero-order chi connectivity index (χ0) is 16.4. The predicted octanol–water partition coefficient (Wildman–Crippen LogP) is 3.13. The predicted molar refractivity (Wildman–Crippen MR) is 86.8 cm³/mol. The topological polar surface area (TPSA) is 111 Å². The Morgan fingerprint density at radius 3 is 2.91 bits per heavy atom. The number of amides is 1. The Morgan fingerprint density at radius 2 is 2.22 bits per heavy atom. The molecular formula is C13H9N5O3S2. The SMILES string of the molecule is Cc1sc(NC(=O)c2cnsn2)nc1-c1cccc([N+](=O)[O-])c1. The molecule has 0 saturated carbocycles. The van der Waals surface area contributed by atoms with Crippen LogP contribution in [0.2, 0.25) is 0 Å². The number of hydrogen-bond acceptors (Lipinski definition) is 8. The summed E-state index contributed by atoms with van der Waals surface area (Å²) in [7, 11) is 0. The van der Waals surface area contributed by atoms with Gasteiger partial charge in [-0.3, -0.25) is 20.2 Å². The first kappa shape index (κ1) is 15.2. The van der Waals surface area contributed by atoms with Crippen LogP contribution >= 0.6 is 23.1 Å². The lowest BCUT2D eigenvalue weighted by molar-refractivity contribution is -0.384. The smallest absolute Gasteiger partial charge is 0.278 e. The summed E-state index contributed by atoms with van der Waals surface area (Å²) in [5.74, 6) is -0.391. The number of rotatable bonds is 4. The molecule has 116 valence electrons. The quantitative estimate of drug-likeness (QED) is 0.573. The number of carbonyl (C=O) groups excluding carboxylic acids is 1. The third-order valence-corrected chi connectivity index (χ3v) is 4.31. The lowest BCUT2D eigenvalue weighted by atomic mass is 10.1. The number of aryl methyl sites for hydroxylation is 1. The molecule has 10 heteroatoms. The molecule has 8 nitrogen and oxygen atoms in total. The number of nitro benzene ring substituents is 1. The summed E-state index contributed by atoms with van der Waals surface area (Å²) >= 11 is 2.24. The van der Waals surface area contributed by atoms with Gasteiger partial charge in [-0.1, -0.05) is 12.1 Å². The molecule has 3 rings (SSSR count). The van der Waals surface area contributed by atoms with Crippen molar-refractivity contribution < 1.29 is 9.72 Å². The van der Waals surface area contributed by atoms with Crippen LogP contribution in [0.1, 0.15) is 15.4 Å². The maximum atomic E-state index is 11.9. The summed E-state index contributed by atoms with van der Waals surface area (Å²) in [5.41, 5.74) is 1.45. The average molecular weight is 347 g/mol. The minimum Gasteiger partial charge on any atom is -0.296 e. The Bertz CT molecular complexity index is 876. The van der Waals surface area contributed by atoms with Crippen molar-refractivity contribution in [2.45, 2.75) is 6.92 Å². The van der Waals surface area contributed by atoms with Gasteiger partial charge in [0.25, 0.3) is 11.6 Å². The van der Waals surface area contributed by atoms with Gasteiger partial charge >= 0.3 is 0 Å². The van der Waals surface area contributed by atoms with Crippen LogP contribution in [-0.4, -0.2) is 24.6 Å². The van der Waals surface area contributed by atoms with Crippen molar-refractivity contribution in [1.82, 2.24) is 13.7 Å². The second-order valence-corrected chi connectivity index (χ2v) is 6.24. The summed E-state index contributed by atoms with van der Waals surface area (Å²) in [5, 5.41) is 13.9. The van der Waals surface area contributed by atoms with Gasteiger partial charge in [-0.05, 0) is 6.92 Å². The molecule has 0 unspecified atom stereocenters. The second kappa shape index (κ2) is 6.18. The lowest BCUT2D eigenvalue weighted by Crippen LogP contribution is -2.11. The first-order chi connectivity index (χ1) is 11.0. The van der Waals surface area contributed by atoms with Crippen LogP contribution in [0.15, 0.2) is 30.5 Å². The van der Waals surface area contributed by atoms with E-state index in [1.54, 1.807) is 12.1 Å². The Hall–Kier alpha value is -2.72. The maximum Gasteiger partial charge on any atom is 0.278 e. The van der Waals surface area contributed by atoms with Crippen LogP contribution in [0, 0.1) is 17.0 Å². The Balaban J connectivity index is 1.88. The van der Waals surface area contributed by atoms with Crippen molar-refractivity contribution in [1.29, 1.82) is 0 Å². The molecule has 0 radical (unpaired) electrons. The molecule has 1 amide bonds. The summed E-state index contributed by atoms with van der Waals surface area (Å²) in [6.45, 7) is 1.84. The number of nitrogens with one attached hydrogen (secondary N) is 1.